The van der Waals surface area contributed by atoms with Crippen LogP contribution in [-0.2, 0) is 4.74 Å². The van der Waals surface area contributed by atoms with Crippen molar-refractivity contribution in [3.05, 3.63) is 47.5 Å². The van der Waals surface area contributed by atoms with Crippen LogP contribution in [0, 0.1) is 0 Å². The molecule has 0 radical (unpaired) electrons. The topological polar surface area (TPSA) is 48.9 Å². The van der Waals surface area contributed by atoms with Gasteiger partial charge in [-0.15, -0.1) is 30.6 Å². The first-order valence-corrected chi connectivity index (χ1v) is 8.83. The van der Waals surface area contributed by atoms with Gasteiger partial charge in [0.15, 0.2) is 5.96 Å². The minimum absolute atomic E-state index is 0. The fourth-order valence-corrected chi connectivity index (χ4v) is 3.00. The van der Waals surface area contributed by atoms with Crippen LogP contribution in [0.25, 0.3) is 0 Å². The van der Waals surface area contributed by atoms with Crippen molar-refractivity contribution in [2.75, 3.05) is 45.9 Å². The van der Waals surface area contributed by atoms with Crippen molar-refractivity contribution >= 4 is 41.5 Å². The van der Waals surface area contributed by atoms with Crippen LogP contribution in [0.4, 0.5) is 0 Å². The fraction of sp³-hybridized carbons (Fsp3) is 0.500. The number of aliphatic imine (C=N–C) groups is 1. The van der Waals surface area contributed by atoms with Gasteiger partial charge in [-0.05, 0) is 18.6 Å². The molecule has 5 nitrogen and oxygen atoms in total. The van der Waals surface area contributed by atoms with Crippen LogP contribution in [0.15, 0.2) is 41.9 Å². The molecular formula is C18H28ClIN4O. The van der Waals surface area contributed by atoms with Gasteiger partial charge in [-0.3, -0.25) is 9.89 Å². The van der Waals surface area contributed by atoms with Crippen LogP contribution in [-0.4, -0.2) is 56.8 Å². The lowest BCUT2D eigenvalue weighted by Gasteiger charge is -2.34. The highest BCUT2D eigenvalue weighted by Gasteiger charge is 2.24. The molecule has 0 aliphatic carbocycles. The molecule has 7 heteroatoms. The minimum atomic E-state index is 0. The van der Waals surface area contributed by atoms with E-state index in [4.69, 9.17) is 21.3 Å². The van der Waals surface area contributed by atoms with Gasteiger partial charge in [-0.2, -0.15) is 0 Å². The van der Waals surface area contributed by atoms with E-state index < -0.39 is 0 Å². The van der Waals surface area contributed by atoms with Crippen molar-refractivity contribution in [1.82, 2.24) is 15.5 Å². The van der Waals surface area contributed by atoms with Gasteiger partial charge in [0.1, 0.15) is 0 Å². The van der Waals surface area contributed by atoms with Crippen molar-refractivity contribution in [3.63, 3.8) is 0 Å². The third-order valence-corrected chi connectivity index (χ3v) is 4.28. The molecule has 0 spiro atoms. The number of ether oxygens (including phenoxy) is 1. The van der Waals surface area contributed by atoms with Gasteiger partial charge < -0.3 is 15.4 Å². The second-order valence-electron chi connectivity index (χ2n) is 5.57. The second-order valence-corrected chi connectivity index (χ2v) is 5.98. The number of morpholine rings is 1. The molecule has 1 saturated heterocycles. The van der Waals surface area contributed by atoms with E-state index in [2.05, 4.69) is 35.1 Å². The lowest BCUT2D eigenvalue weighted by Crippen LogP contribution is -2.42. The first-order chi connectivity index (χ1) is 11.8. The summed E-state index contributed by atoms with van der Waals surface area (Å²) in [6, 6.07) is 8.15. The maximum atomic E-state index is 6.45. The Balaban J connectivity index is 0.00000312. The predicted molar refractivity (Wildman–Crippen MR) is 116 cm³/mol. The van der Waals surface area contributed by atoms with Gasteiger partial charge in [0.25, 0.3) is 0 Å². The Labute approximate surface area is 172 Å². The molecule has 2 rings (SSSR count). The molecule has 1 aromatic carbocycles. The Morgan fingerprint density at radius 1 is 1.36 bits per heavy atom. The molecule has 0 bridgehead atoms. The maximum absolute atomic E-state index is 6.45. The summed E-state index contributed by atoms with van der Waals surface area (Å²) in [6.45, 7) is 11.2. The van der Waals surface area contributed by atoms with E-state index in [-0.39, 0.29) is 30.0 Å². The summed E-state index contributed by atoms with van der Waals surface area (Å²) in [6.07, 6.45) is 1.82. The molecule has 1 fully saturated rings. The number of benzene rings is 1. The molecule has 1 aromatic rings. The van der Waals surface area contributed by atoms with Gasteiger partial charge in [0, 0.05) is 31.2 Å². The van der Waals surface area contributed by atoms with Crippen LogP contribution in [0.3, 0.4) is 0 Å². The molecule has 0 saturated carbocycles. The van der Waals surface area contributed by atoms with Gasteiger partial charge >= 0.3 is 0 Å². The molecular weight excluding hydrogens is 451 g/mol. The van der Waals surface area contributed by atoms with Gasteiger partial charge in [0.05, 0.1) is 25.8 Å². The second kappa shape index (κ2) is 12.5. The zero-order valence-electron chi connectivity index (χ0n) is 14.7. The number of halogens is 2. The SMILES string of the molecule is C=CCNC(=NCC(c1ccccc1Cl)N1CCOCC1)NCC.I. The molecule has 1 heterocycles. The molecule has 0 amide bonds. The first-order valence-electron chi connectivity index (χ1n) is 8.45. The van der Waals surface area contributed by atoms with E-state index >= 15 is 0 Å². The quantitative estimate of drug-likeness (QED) is 0.274. The van der Waals surface area contributed by atoms with E-state index in [0.717, 1.165) is 49.4 Å². The summed E-state index contributed by atoms with van der Waals surface area (Å²) in [7, 11) is 0. The standard InChI is InChI=1S/C18H27ClN4O.HI/c1-3-9-21-18(20-4-2)22-14-17(23-10-12-24-13-11-23)15-7-5-6-8-16(15)19;/h3,5-8,17H,1,4,9-14H2,2H3,(H2,20,21,22);1H. The monoisotopic (exact) mass is 478 g/mol. The summed E-state index contributed by atoms with van der Waals surface area (Å²) in [5.41, 5.74) is 1.12. The highest BCUT2D eigenvalue weighted by molar-refractivity contribution is 14.0. The van der Waals surface area contributed by atoms with E-state index in [1.807, 2.05) is 24.3 Å². The number of hydrogen-bond donors (Lipinski definition) is 2. The molecule has 1 aliphatic heterocycles. The highest BCUT2D eigenvalue weighted by atomic mass is 127. The van der Waals surface area contributed by atoms with Crippen molar-refractivity contribution in [2.24, 2.45) is 4.99 Å². The largest absolute Gasteiger partial charge is 0.379 e. The summed E-state index contributed by atoms with van der Waals surface area (Å²) >= 11 is 6.45. The molecule has 2 N–H and O–H groups in total. The number of nitrogens with one attached hydrogen (secondary N) is 2. The lowest BCUT2D eigenvalue weighted by molar-refractivity contribution is 0.0180. The van der Waals surface area contributed by atoms with E-state index in [1.165, 1.54) is 0 Å². The normalized spacial score (nSPS) is 16.6. The average Bonchev–Trinajstić information content (AvgIpc) is 2.62. The minimum Gasteiger partial charge on any atom is -0.379 e. The van der Waals surface area contributed by atoms with E-state index in [1.54, 1.807) is 0 Å². The Hall–Kier alpha value is -0.830. The number of guanidine groups is 1. The van der Waals surface area contributed by atoms with Crippen LogP contribution >= 0.6 is 35.6 Å². The molecule has 1 atom stereocenters. The Kier molecular flexibility index (Phi) is 11.1. The zero-order valence-corrected chi connectivity index (χ0v) is 17.8. The van der Waals surface area contributed by atoms with E-state index in [0.29, 0.717) is 13.1 Å². The average molecular weight is 479 g/mol. The van der Waals surface area contributed by atoms with Crippen molar-refractivity contribution in [2.45, 2.75) is 13.0 Å². The highest BCUT2D eigenvalue weighted by Crippen LogP contribution is 2.28. The van der Waals surface area contributed by atoms with Crippen molar-refractivity contribution in [1.29, 1.82) is 0 Å². The third kappa shape index (κ3) is 7.13. The van der Waals surface area contributed by atoms with Crippen LogP contribution in [0.1, 0.15) is 18.5 Å². The Bertz CT molecular complexity index is 550. The summed E-state index contributed by atoms with van der Waals surface area (Å²) < 4.78 is 5.49. The predicted octanol–water partition coefficient (Wildman–Crippen LogP) is 3.07. The number of nitrogens with zero attached hydrogens (tertiary/aromatic N) is 2. The number of rotatable bonds is 7. The Morgan fingerprint density at radius 3 is 2.72 bits per heavy atom. The smallest absolute Gasteiger partial charge is 0.191 e. The summed E-state index contributed by atoms with van der Waals surface area (Å²) in [4.78, 5) is 7.14. The third-order valence-electron chi connectivity index (χ3n) is 3.93. The summed E-state index contributed by atoms with van der Waals surface area (Å²) in [5.74, 6) is 0.794. The van der Waals surface area contributed by atoms with Crippen LogP contribution in [0.2, 0.25) is 5.02 Å². The maximum Gasteiger partial charge on any atom is 0.191 e. The molecule has 1 unspecified atom stereocenters. The van der Waals surface area contributed by atoms with Gasteiger partial charge in [0.2, 0.25) is 0 Å². The fourth-order valence-electron chi connectivity index (χ4n) is 2.73. The first kappa shape index (κ1) is 22.2. The van der Waals surface area contributed by atoms with Gasteiger partial charge in [-0.25, -0.2) is 0 Å². The summed E-state index contributed by atoms with van der Waals surface area (Å²) in [5, 5.41) is 7.28. The van der Waals surface area contributed by atoms with Crippen molar-refractivity contribution < 1.29 is 4.74 Å². The number of hydrogen-bond acceptors (Lipinski definition) is 3. The van der Waals surface area contributed by atoms with Crippen molar-refractivity contribution in [3.8, 4) is 0 Å². The van der Waals surface area contributed by atoms with Gasteiger partial charge in [-0.1, -0.05) is 35.9 Å². The molecule has 140 valence electrons. The molecule has 0 aromatic heterocycles. The zero-order chi connectivity index (χ0) is 17.2. The molecule has 1 aliphatic rings. The lowest BCUT2D eigenvalue weighted by atomic mass is 10.0. The van der Waals surface area contributed by atoms with Crippen LogP contribution in [0.5, 0.6) is 0 Å². The van der Waals surface area contributed by atoms with Crippen LogP contribution < -0.4 is 10.6 Å². The van der Waals surface area contributed by atoms with E-state index in [9.17, 15) is 0 Å². The molecule has 25 heavy (non-hydrogen) atoms. The Morgan fingerprint density at radius 2 is 2.08 bits per heavy atom.